The number of aromatic nitrogens is 2. The second-order valence-corrected chi connectivity index (χ2v) is 4.50. The van der Waals surface area contributed by atoms with E-state index in [2.05, 4.69) is 20.6 Å². The molecule has 0 spiro atoms. The molecule has 94 valence electrons. The average Bonchev–Trinajstić information content (AvgIpc) is 2.51. The fourth-order valence-electron chi connectivity index (χ4n) is 1.63. The standard InChI is InChI=1S/C11H17ClN4O/c1-7(2)14-10-8(5-12)15-9-6-13-3-4-17-11(9)16-10/h7,13H,3-6H2,1-2H3,(H,14,16). The molecular formula is C11H17ClN4O. The smallest absolute Gasteiger partial charge is 0.239 e. The van der Waals surface area contributed by atoms with Crippen molar-refractivity contribution in [2.75, 3.05) is 18.5 Å². The average molecular weight is 257 g/mol. The van der Waals surface area contributed by atoms with Crippen molar-refractivity contribution in [3.05, 3.63) is 11.4 Å². The summed E-state index contributed by atoms with van der Waals surface area (Å²) in [6, 6.07) is 0.285. The van der Waals surface area contributed by atoms with E-state index in [0.29, 0.717) is 24.9 Å². The molecule has 1 aromatic heterocycles. The number of rotatable bonds is 3. The number of ether oxygens (including phenoxy) is 1. The third kappa shape index (κ3) is 2.98. The van der Waals surface area contributed by atoms with Gasteiger partial charge in [0.05, 0.1) is 11.6 Å². The summed E-state index contributed by atoms with van der Waals surface area (Å²) < 4.78 is 5.55. The molecule has 2 heterocycles. The Kier molecular flexibility index (Phi) is 4.02. The van der Waals surface area contributed by atoms with Gasteiger partial charge in [0, 0.05) is 19.1 Å². The number of fused-ring (bicyclic) bond motifs is 1. The van der Waals surface area contributed by atoms with Gasteiger partial charge in [0.15, 0.2) is 5.82 Å². The van der Waals surface area contributed by atoms with Crippen LogP contribution in [-0.2, 0) is 12.4 Å². The van der Waals surface area contributed by atoms with Crippen LogP contribution in [0.3, 0.4) is 0 Å². The Hall–Kier alpha value is -1.07. The molecule has 0 atom stereocenters. The maximum absolute atomic E-state index is 5.90. The Balaban J connectivity index is 2.35. The van der Waals surface area contributed by atoms with E-state index in [-0.39, 0.29) is 6.04 Å². The molecule has 0 unspecified atom stereocenters. The SMILES string of the molecule is CC(C)Nc1nc2c(nc1CCl)CNCCO2. The van der Waals surface area contributed by atoms with E-state index in [9.17, 15) is 0 Å². The lowest BCUT2D eigenvalue weighted by Crippen LogP contribution is -2.17. The van der Waals surface area contributed by atoms with Crippen LogP contribution in [0.15, 0.2) is 0 Å². The van der Waals surface area contributed by atoms with Gasteiger partial charge in [-0.3, -0.25) is 0 Å². The number of nitrogens with one attached hydrogen (secondary N) is 2. The molecule has 0 saturated carbocycles. The van der Waals surface area contributed by atoms with Crippen LogP contribution in [0.2, 0.25) is 0 Å². The maximum atomic E-state index is 5.90. The number of alkyl halides is 1. The zero-order chi connectivity index (χ0) is 12.3. The molecule has 0 aliphatic carbocycles. The highest BCUT2D eigenvalue weighted by atomic mass is 35.5. The van der Waals surface area contributed by atoms with Gasteiger partial charge in [0.2, 0.25) is 5.88 Å². The molecular weight excluding hydrogens is 240 g/mol. The predicted octanol–water partition coefficient (Wildman–Crippen LogP) is 1.52. The van der Waals surface area contributed by atoms with Crippen molar-refractivity contribution >= 4 is 17.4 Å². The number of anilines is 1. The van der Waals surface area contributed by atoms with Crippen LogP contribution in [0.4, 0.5) is 5.82 Å². The summed E-state index contributed by atoms with van der Waals surface area (Å²) in [5.41, 5.74) is 1.60. The lowest BCUT2D eigenvalue weighted by atomic mass is 10.3. The van der Waals surface area contributed by atoms with Gasteiger partial charge in [-0.15, -0.1) is 11.6 Å². The second kappa shape index (κ2) is 5.51. The minimum absolute atomic E-state index is 0.285. The Morgan fingerprint density at radius 3 is 3.00 bits per heavy atom. The number of hydrogen-bond donors (Lipinski definition) is 2. The summed E-state index contributed by atoms with van der Waals surface area (Å²) in [5.74, 6) is 1.66. The highest BCUT2D eigenvalue weighted by Crippen LogP contribution is 2.22. The zero-order valence-corrected chi connectivity index (χ0v) is 10.8. The molecule has 1 aromatic rings. The van der Waals surface area contributed by atoms with Gasteiger partial charge in [0.1, 0.15) is 12.3 Å². The fourth-order valence-corrected chi connectivity index (χ4v) is 1.82. The summed E-state index contributed by atoms with van der Waals surface area (Å²) in [5, 5.41) is 6.46. The van der Waals surface area contributed by atoms with Crippen LogP contribution in [0.1, 0.15) is 25.2 Å². The first-order valence-electron chi connectivity index (χ1n) is 5.76. The van der Waals surface area contributed by atoms with Gasteiger partial charge < -0.3 is 15.4 Å². The molecule has 0 saturated heterocycles. The topological polar surface area (TPSA) is 59.1 Å². The number of halogens is 1. The highest BCUT2D eigenvalue weighted by molar-refractivity contribution is 6.17. The van der Waals surface area contributed by atoms with Crippen molar-refractivity contribution in [1.82, 2.24) is 15.3 Å². The predicted molar refractivity (Wildman–Crippen MR) is 67.5 cm³/mol. The highest BCUT2D eigenvalue weighted by Gasteiger charge is 2.16. The van der Waals surface area contributed by atoms with Crippen LogP contribution in [-0.4, -0.2) is 29.2 Å². The van der Waals surface area contributed by atoms with Crippen LogP contribution < -0.4 is 15.4 Å². The molecule has 0 bridgehead atoms. The van der Waals surface area contributed by atoms with Crippen molar-refractivity contribution in [2.24, 2.45) is 0 Å². The van der Waals surface area contributed by atoms with Crippen LogP contribution >= 0.6 is 11.6 Å². The monoisotopic (exact) mass is 256 g/mol. The molecule has 2 N–H and O–H groups in total. The van der Waals surface area contributed by atoms with Crippen LogP contribution in [0, 0.1) is 0 Å². The molecule has 5 nitrogen and oxygen atoms in total. The van der Waals surface area contributed by atoms with E-state index in [1.165, 1.54) is 0 Å². The second-order valence-electron chi connectivity index (χ2n) is 4.23. The fraction of sp³-hybridized carbons (Fsp3) is 0.636. The third-order valence-electron chi connectivity index (χ3n) is 2.37. The summed E-state index contributed by atoms with van der Waals surface area (Å²) in [6.45, 7) is 6.19. The van der Waals surface area contributed by atoms with Gasteiger partial charge in [-0.05, 0) is 13.8 Å². The summed E-state index contributed by atoms with van der Waals surface area (Å²) in [4.78, 5) is 8.96. The van der Waals surface area contributed by atoms with Gasteiger partial charge in [-0.25, -0.2) is 4.98 Å². The van der Waals surface area contributed by atoms with Crippen molar-refractivity contribution in [3.63, 3.8) is 0 Å². The molecule has 1 aliphatic heterocycles. The molecule has 0 aromatic carbocycles. The Morgan fingerprint density at radius 2 is 2.29 bits per heavy atom. The lowest BCUT2D eigenvalue weighted by Gasteiger charge is -2.14. The van der Waals surface area contributed by atoms with E-state index >= 15 is 0 Å². The first kappa shape index (κ1) is 12.4. The van der Waals surface area contributed by atoms with Crippen LogP contribution in [0.5, 0.6) is 5.88 Å². The van der Waals surface area contributed by atoms with E-state index < -0.39 is 0 Å². The molecule has 0 fully saturated rings. The number of hydrogen-bond acceptors (Lipinski definition) is 5. The summed E-state index contributed by atoms with van der Waals surface area (Å²) in [7, 11) is 0. The lowest BCUT2D eigenvalue weighted by molar-refractivity contribution is 0.313. The van der Waals surface area contributed by atoms with E-state index in [1.54, 1.807) is 0 Å². The van der Waals surface area contributed by atoms with Crippen molar-refractivity contribution < 1.29 is 4.74 Å². The van der Waals surface area contributed by atoms with E-state index in [1.807, 2.05) is 13.8 Å². The van der Waals surface area contributed by atoms with Crippen molar-refractivity contribution in [2.45, 2.75) is 32.3 Å². The Bertz CT molecular complexity index is 397. The summed E-state index contributed by atoms with van der Waals surface area (Å²) >= 11 is 5.90. The van der Waals surface area contributed by atoms with Gasteiger partial charge >= 0.3 is 0 Å². The van der Waals surface area contributed by atoms with Crippen molar-refractivity contribution in [3.8, 4) is 5.88 Å². The quantitative estimate of drug-likeness (QED) is 0.803. The number of nitrogens with zero attached hydrogens (tertiary/aromatic N) is 2. The summed E-state index contributed by atoms with van der Waals surface area (Å²) in [6.07, 6.45) is 0. The molecule has 2 rings (SSSR count). The van der Waals surface area contributed by atoms with Crippen molar-refractivity contribution in [1.29, 1.82) is 0 Å². The van der Waals surface area contributed by atoms with E-state index in [4.69, 9.17) is 16.3 Å². The van der Waals surface area contributed by atoms with Crippen LogP contribution in [0.25, 0.3) is 0 Å². The first-order valence-corrected chi connectivity index (χ1v) is 6.30. The van der Waals surface area contributed by atoms with E-state index in [0.717, 1.165) is 23.8 Å². The van der Waals surface area contributed by atoms with Gasteiger partial charge in [0.25, 0.3) is 0 Å². The minimum Gasteiger partial charge on any atom is -0.475 e. The molecule has 0 amide bonds. The normalized spacial score (nSPS) is 15.1. The van der Waals surface area contributed by atoms with Gasteiger partial charge in [-0.2, -0.15) is 4.98 Å². The molecule has 0 radical (unpaired) electrons. The Morgan fingerprint density at radius 1 is 1.47 bits per heavy atom. The first-order chi connectivity index (χ1) is 8.20. The third-order valence-corrected chi connectivity index (χ3v) is 2.62. The zero-order valence-electron chi connectivity index (χ0n) is 10.1. The molecule has 6 heteroatoms. The molecule has 1 aliphatic rings. The minimum atomic E-state index is 0.285. The van der Waals surface area contributed by atoms with Gasteiger partial charge in [-0.1, -0.05) is 0 Å². The Labute approximate surface area is 106 Å². The largest absolute Gasteiger partial charge is 0.475 e. The maximum Gasteiger partial charge on any atom is 0.239 e. The molecule has 17 heavy (non-hydrogen) atoms.